The normalized spacial score (nSPS) is 12.6. The lowest BCUT2D eigenvalue weighted by Gasteiger charge is -2.13. The smallest absolute Gasteiger partial charge is 0.305 e. The van der Waals surface area contributed by atoms with E-state index >= 15 is 0 Å². The van der Waals surface area contributed by atoms with Crippen molar-refractivity contribution in [3.05, 3.63) is 63.8 Å². The van der Waals surface area contributed by atoms with Gasteiger partial charge in [-0.2, -0.15) is 0 Å². The molecule has 1 aliphatic heterocycles. The first kappa shape index (κ1) is 19.9. The molecule has 150 valence electrons. The maximum absolute atomic E-state index is 12.2. The van der Waals surface area contributed by atoms with Crippen molar-refractivity contribution in [1.29, 1.82) is 0 Å². The molecule has 0 bridgehead atoms. The number of fused-ring (bicyclic) bond motifs is 1. The summed E-state index contributed by atoms with van der Waals surface area (Å²) in [5.41, 5.74) is 0.650. The van der Waals surface area contributed by atoms with Gasteiger partial charge in [-0.15, -0.1) is 0 Å². The number of amides is 2. The fourth-order valence-electron chi connectivity index (χ4n) is 2.84. The van der Waals surface area contributed by atoms with E-state index in [-0.39, 0.29) is 43.6 Å². The van der Waals surface area contributed by atoms with E-state index in [4.69, 9.17) is 4.74 Å². The monoisotopic (exact) mass is 398 g/mol. The van der Waals surface area contributed by atoms with Crippen LogP contribution in [0.2, 0.25) is 0 Å². The Kier molecular flexibility index (Phi) is 6.12. The average Bonchev–Trinajstić information content (AvgIpc) is 2.96. The van der Waals surface area contributed by atoms with Gasteiger partial charge in [0.1, 0.15) is 18.6 Å². The van der Waals surface area contributed by atoms with Crippen molar-refractivity contribution < 1.29 is 24.0 Å². The largest absolute Gasteiger partial charge is 0.464 e. The molecule has 2 amide bonds. The first-order valence-electron chi connectivity index (χ1n) is 8.92. The number of hydrogen-bond acceptors (Lipinski definition) is 8. The third-order valence-corrected chi connectivity index (χ3v) is 4.27. The first-order chi connectivity index (χ1) is 14.0. The highest BCUT2D eigenvalue weighted by atomic mass is 16.6. The second kappa shape index (κ2) is 8.91. The Morgan fingerprint density at radius 1 is 1.14 bits per heavy atom. The van der Waals surface area contributed by atoms with Gasteiger partial charge < -0.3 is 10.1 Å². The molecule has 0 saturated heterocycles. The summed E-state index contributed by atoms with van der Waals surface area (Å²) in [4.78, 5) is 51.3. The number of nitro groups is 1. The number of imide groups is 1. The third-order valence-electron chi connectivity index (χ3n) is 4.27. The molecule has 1 aromatic heterocycles. The van der Waals surface area contributed by atoms with Crippen molar-refractivity contribution >= 4 is 29.3 Å². The van der Waals surface area contributed by atoms with Crippen LogP contribution in [0.3, 0.4) is 0 Å². The number of nitrogens with zero attached hydrogens (tertiary/aromatic N) is 3. The number of benzene rings is 1. The lowest BCUT2D eigenvalue weighted by molar-refractivity contribution is -0.385. The molecule has 0 saturated carbocycles. The summed E-state index contributed by atoms with van der Waals surface area (Å²) in [7, 11) is 0. The van der Waals surface area contributed by atoms with Crippen molar-refractivity contribution in [1.82, 2.24) is 9.88 Å². The minimum atomic E-state index is -0.541. The number of nitrogens with one attached hydrogen (secondary N) is 1. The predicted octanol–water partition coefficient (Wildman–Crippen LogP) is 2.02. The van der Waals surface area contributed by atoms with Crippen LogP contribution in [-0.4, -0.2) is 52.3 Å². The molecule has 0 atom stereocenters. The molecule has 0 radical (unpaired) electrons. The van der Waals surface area contributed by atoms with E-state index in [1.807, 2.05) is 0 Å². The highest BCUT2D eigenvalue weighted by Crippen LogP contribution is 2.22. The number of esters is 1. The Morgan fingerprint density at radius 2 is 1.83 bits per heavy atom. The molecule has 10 heteroatoms. The van der Waals surface area contributed by atoms with Crippen LogP contribution < -0.4 is 5.32 Å². The average molecular weight is 398 g/mol. The Bertz CT molecular complexity index is 909. The van der Waals surface area contributed by atoms with Gasteiger partial charge in [0.05, 0.1) is 22.6 Å². The van der Waals surface area contributed by atoms with E-state index < -0.39 is 10.9 Å². The molecule has 0 spiro atoms. The second-order valence-corrected chi connectivity index (χ2v) is 6.22. The zero-order valence-corrected chi connectivity index (χ0v) is 15.4. The van der Waals surface area contributed by atoms with Crippen LogP contribution in [0.4, 0.5) is 11.5 Å². The highest BCUT2D eigenvalue weighted by molar-refractivity contribution is 6.21. The molecule has 1 aliphatic rings. The molecule has 0 unspecified atom stereocenters. The summed E-state index contributed by atoms with van der Waals surface area (Å²) in [5, 5.41) is 13.4. The molecule has 0 aliphatic carbocycles. The molecule has 1 aromatic carbocycles. The van der Waals surface area contributed by atoms with Crippen LogP contribution >= 0.6 is 0 Å². The van der Waals surface area contributed by atoms with Crippen molar-refractivity contribution in [2.24, 2.45) is 0 Å². The fourth-order valence-corrected chi connectivity index (χ4v) is 2.84. The van der Waals surface area contributed by atoms with E-state index in [9.17, 15) is 24.5 Å². The number of aromatic nitrogens is 1. The van der Waals surface area contributed by atoms with Crippen molar-refractivity contribution in [2.45, 2.75) is 12.8 Å². The molecule has 2 heterocycles. The minimum Gasteiger partial charge on any atom is -0.464 e. The maximum atomic E-state index is 12.2. The Hall–Kier alpha value is -3.82. The van der Waals surface area contributed by atoms with Gasteiger partial charge in [-0.3, -0.25) is 29.4 Å². The fraction of sp³-hybridized carbons (Fsp3) is 0.263. The van der Waals surface area contributed by atoms with E-state index in [0.717, 1.165) is 11.1 Å². The van der Waals surface area contributed by atoms with Crippen LogP contribution in [0.1, 0.15) is 33.6 Å². The van der Waals surface area contributed by atoms with Crippen molar-refractivity contribution in [2.75, 3.05) is 25.0 Å². The van der Waals surface area contributed by atoms with Gasteiger partial charge in [-0.1, -0.05) is 12.1 Å². The Balaban J connectivity index is 1.34. The molecule has 2 aromatic rings. The highest BCUT2D eigenvalue weighted by Gasteiger charge is 2.34. The molecule has 3 rings (SSSR count). The quantitative estimate of drug-likeness (QED) is 0.223. The lowest BCUT2D eigenvalue weighted by atomic mass is 10.1. The van der Waals surface area contributed by atoms with E-state index in [1.54, 1.807) is 24.3 Å². The molecule has 10 nitrogen and oxygen atoms in total. The number of pyridine rings is 1. The van der Waals surface area contributed by atoms with Crippen LogP contribution in [0, 0.1) is 10.1 Å². The summed E-state index contributed by atoms with van der Waals surface area (Å²) in [6.45, 7) is 0.520. The number of ether oxygens (including phenoxy) is 1. The van der Waals surface area contributed by atoms with Crippen LogP contribution in [0.25, 0.3) is 0 Å². The second-order valence-electron chi connectivity index (χ2n) is 6.22. The molecule has 29 heavy (non-hydrogen) atoms. The first-order valence-corrected chi connectivity index (χ1v) is 8.92. The van der Waals surface area contributed by atoms with Gasteiger partial charge in [-0.05, 0) is 24.6 Å². The van der Waals surface area contributed by atoms with Gasteiger partial charge >= 0.3 is 5.97 Å². The predicted molar refractivity (Wildman–Crippen MR) is 101 cm³/mol. The van der Waals surface area contributed by atoms with E-state index in [2.05, 4.69) is 10.3 Å². The Labute approximate surface area is 165 Å². The molecular formula is C19H18N4O6. The summed E-state index contributed by atoms with van der Waals surface area (Å²) >= 11 is 0. The number of anilines is 1. The van der Waals surface area contributed by atoms with Crippen LogP contribution in [0.5, 0.6) is 0 Å². The number of carbonyl (C=O) groups is 3. The topological polar surface area (TPSA) is 132 Å². The summed E-state index contributed by atoms with van der Waals surface area (Å²) in [6, 6.07) is 9.39. The zero-order valence-electron chi connectivity index (χ0n) is 15.4. The SMILES string of the molecule is O=C(CCCN1C(=O)c2ccccc2C1=O)OCCNc1ccc([N+](=O)[O-])cn1. The van der Waals surface area contributed by atoms with Crippen molar-refractivity contribution in [3.8, 4) is 0 Å². The van der Waals surface area contributed by atoms with E-state index in [1.165, 1.54) is 12.1 Å². The molecular weight excluding hydrogens is 380 g/mol. The van der Waals surface area contributed by atoms with Crippen LogP contribution in [0.15, 0.2) is 42.6 Å². The van der Waals surface area contributed by atoms with Gasteiger partial charge in [-0.25, -0.2) is 4.98 Å². The van der Waals surface area contributed by atoms with Gasteiger partial charge in [0.15, 0.2) is 0 Å². The maximum Gasteiger partial charge on any atom is 0.305 e. The number of hydrogen-bond donors (Lipinski definition) is 1. The van der Waals surface area contributed by atoms with Crippen molar-refractivity contribution in [3.63, 3.8) is 0 Å². The van der Waals surface area contributed by atoms with Gasteiger partial charge in [0, 0.05) is 19.0 Å². The van der Waals surface area contributed by atoms with Crippen LogP contribution in [-0.2, 0) is 9.53 Å². The molecule has 1 N–H and O–H groups in total. The standard InChI is InChI=1S/C19H18N4O6/c24-17(29-11-9-20-16-8-7-13(12-21-16)23(27)28)6-3-10-22-18(25)14-4-1-2-5-15(14)19(22)26/h1-2,4-5,7-8,12H,3,6,9-11H2,(H,20,21). The minimum absolute atomic E-state index is 0.0726. The number of rotatable bonds is 9. The van der Waals surface area contributed by atoms with Gasteiger partial charge in [0.2, 0.25) is 0 Å². The zero-order chi connectivity index (χ0) is 20.8. The van der Waals surface area contributed by atoms with E-state index in [0.29, 0.717) is 23.4 Å². The molecule has 0 fully saturated rings. The third kappa shape index (κ3) is 4.72. The summed E-state index contributed by atoms with van der Waals surface area (Å²) in [6.07, 6.45) is 1.51. The summed E-state index contributed by atoms with van der Waals surface area (Å²) in [5.74, 6) is -0.713. The van der Waals surface area contributed by atoms with Gasteiger partial charge in [0.25, 0.3) is 17.5 Å². The summed E-state index contributed by atoms with van der Waals surface area (Å²) < 4.78 is 5.08. The Morgan fingerprint density at radius 3 is 2.41 bits per heavy atom. The number of carbonyl (C=O) groups excluding carboxylic acids is 3. The lowest BCUT2D eigenvalue weighted by Crippen LogP contribution is -2.31.